The average Bonchev–Trinajstić information content (AvgIpc) is 1.65. The molecule has 0 aromatic carbocycles. The van der Waals surface area contributed by atoms with E-state index in [1.807, 2.05) is 0 Å². The Morgan fingerprint density at radius 1 is 2.00 bits per heavy atom. The summed E-state index contributed by atoms with van der Waals surface area (Å²) in [6, 6.07) is 0. The molecular weight excluding hydrogens is 199 g/mol. The molecule has 4 heteroatoms. The fraction of sp³-hybridized carbons (Fsp3) is 0.500. The third-order valence-corrected chi connectivity index (χ3v) is 0.834. The first-order chi connectivity index (χ1) is 2.81. The van der Waals surface area contributed by atoms with Gasteiger partial charge in [0.2, 0.25) is 0 Å². The Kier molecular flexibility index (Phi) is 3.44. The molecule has 0 saturated carbocycles. The molecule has 0 aliphatic heterocycles. The molecule has 6 heavy (non-hydrogen) atoms. The van der Waals surface area contributed by atoms with Gasteiger partial charge < -0.3 is 4.89 Å². The number of alkyl halides is 1. The van der Waals surface area contributed by atoms with Crippen molar-refractivity contribution in [3.05, 3.63) is 0 Å². The molecule has 0 radical (unpaired) electrons. The first kappa shape index (κ1) is 6.16. The monoisotopic (exact) mass is 202 g/mol. The van der Waals surface area contributed by atoms with E-state index in [1.165, 1.54) is 0 Å². The maximum atomic E-state index is 9.70. The van der Waals surface area contributed by atoms with Gasteiger partial charge in [-0.15, -0.1) is 0 Å². The van der Waals surface area contributed by atoms with Crippen LogP contribution in [-0.4, -0.2) is 15.7 Å². The highest BCUT2D eigenvalue weighted by Crippen LogP contribution is 1.80. The molecular formula is C2H3IO3. The standard InChI is InChI=1S/C2H3IO3/c3-1-2(4)6-5/h5H,1H2. The number of hydrogen-bond acceptors (Lipinski definition) is 3. The summed E-state index contributed by atoms with van der Waals surface area (Å²) in [5.41, 5.74) is 0. The Morgan fingerprint density at radius 2 is 2.50 bits per heavy atom. The minimum atomic E-state index is -0.615. The van der Waals surface area contributed by atoms with E-state index in [2.05, 4.69) is 4.89 Å². The van der Waals surface area contributed by atoms with E-state index < -0.39 is 5.97 Å². The summed E-state index contributed by atoms with van der Waals surface area (Å²) in [6.45, 7) is 0. The second-order valence-electron chi connectivity index (χ2n) is 0.597. The van der Waals surface area contributed by atoms with Crippen molar-refractivity contribution in [1.29, 1.82) is 0 Å². The van der Waals surface area contributed by atoms with Crippen molar-refractivity contribution >= 4 is 28.6 Å². The van der Waals surface area contributed by atoms with Crippen molar-refractivity contribution in [2.75, 3.05) is 4.43 Å². The van der Waals surface area contributed by atoms with E-state index in [0.29, 0.717) is 0 Å². The highest BCUT2D eigenvalue weighted by atomic mass is 127. The summed E-state index contributed by atoms with van der Waals surface area (Å²) in [5, 5.41) is 7.48. The van der Waals surface area contributed by atoms with Crippen molar-refractivity contribution < 1.29 is 14.9 Å². The topological polar surface area (TPSA) is 46.5 Å². The zero-order valence-corrected chi connectivity index (χ0v) is 5.01. The van der Waals surface area contributed by atoms with Crippen molar-refractivity contribution in [1.82, 2.24) is 0 Å². The zero-order valence-electron chi connectivity index (χ0n) is 2.85. The van der Waals surface area contributed by atoms with E-state index in [1.54, 1.807) is 22.6 Å². The van der Waals surface area contributed by atoms with E-state index in [4.69, 9.17) is 5.26 Å². The largest absolute Gasteiger partial charge is 0.351 e. The molecule has 0 aromatic rings. The average molecular weight is 202 g/mol. The molecule has 0 fully saturated rings. The van der Waals surface area contributed by atoms with Crippen LogP contribution >= 0.6 is 22.6 Å². The van der Waals surface area contributed by atoms with Gasteiger partial charge in [-0.05, 0) is 0 Å². The Bertz CT molecular complexity index is 46.8. The smallest absolute Gasteiger partial charge is 0.300 e. The van der Waals surface area contributed by atoms with Gasteiger partial charge in [0.25, 0.3) is 0 Å². The maximum Gasteiger partial charge on any atom is 0.351 e. The molecule has 0 unspecified atom stereocenters. The summed E-state index contributed by atoms with van der Waals surface area (Å²) >= 11 is 1.78. The predicted octanol–water partition coefficient (Wildman–Crippen LogP) is 0.438. The van der Waals surface area contributed by atoms with Crippen LogP contribution in [0.5, 0.6) is 0 Å². The van der Waals surface area contributed by atoms with Crippen LogP contribution in [0, 0.1) is 0 Å². The minimum absolute atomic E-state index is 0.189. The van der Waals surface area contributed by atoms with Crippen LogP contribution in [0.25, 0.3) is 0 Å². The van der Waals surface area contributed by atoms with Gasteiger partial charge in [-0.2, -0.15) is 5.26 Å². The van der Waals surface area contributed by atoms with Gasteiger partial charge in [-0.3, -0.25) is 0 Å². The first-order valence-electron chi connectivity index (χ1n) is 1.21. The number of carbonyl (C=O) groups excluding carboxylic acids is 1. The van der Waals surface area contributed by atoms with Crippen LogP contribution in [0.15, 0.2) is 0 Å². The van der Waals surface area contributed by atoms with Crippen LogP contribution in [0.1, 0.15) is 0 Å². The lowest BCUT2D eigenvalue weighted by atomic mass is 10.8. The van der Waals surface area contributed by atoms with E-state index >= 15 is 0 Å². The SMILES string of the molecule is O=C(CI)OO. The van der Waals surface area contributed by atoms with Gasteiger partial charge in [-0.1, -0.05) is 22.6 Å². The lowest BCUT2D eigenvalue weighted by Crippen LogP contribution is -1.99. The van der Waals surface area contributed by atoms with Gasteiger partial charge in [-0.25, -0.2) is 4.79 Å². The summed E-state index contributed by atoms with van der Waals surface area (Å²) in [5.74, 6) is -0.615. The van der Waals surface area contributed by atoms with Gasteiger partial charge in [0.15, 0.2) is 0 Å². The van der Waals surface area contributed by atoms with Crippen LogP contribution in [0.2, 0.25) is 0 Å². The van der Waals surface area contributed by atoms with Crippen molar-refractivity contribution in [3.63, 3.8) is 0 Å². The molecule has 0 aliphatic rings. The minimum Gasteiger partial charge on any atom is -0.300 e. The van der Waals surface area contributed by atoms with Crippen molar-refractivity contribution in [3.8, 4) is 0 Å². The summed E-state index contributed by atoms with van der Waals surface area (Å²) in [4.78, 5) is 13.0. The van der Waals surface area contributed by atoms with Crippen molar-refractivity contribution in [2.45, 2.75) is 0 Å². The number of halogens is 1. The second-order valence-corrected chi connectivity index (χ2v) is 1.36. The van der Waals surface area contributed by atoms with Gasteiger partial charge in [0.05, 0.1) is 0 Å². The van der Waals surface area contributed by atoms with Crippen molar-refractivity contribution in [2.24, 2.45) is 0 Å². The molecule has 0 atom stereocenters. The first-order valence-corrected chi connectivity index (χ1v) is 2.74. The fourth-order valence-electron chi connectivity index (χ4n) is 0.0244. The van der Waals surface area contributed by atoms with E-state index in [0.717, 1.165) is 0 Å². The van der Waals surface area contributed by atoms with E-state index in [9.17, 15) is 4.79 Å². The third kappa shape index (κ3) is 2.40. The molecule has 0 heterocycles. The molecule has 0 amide bonds. The Labute approximate surface area is 48.4 Å². The highest BCUT2D eigenvalue weighted by molar-refractivity contribution is 14.1. The quantitative estimate of drug-likeness (QED) is 0.290. The van der Waals surface area contributed by atoms with Gasteiger partial charge in [0, 0.05) is 0 Å². The fourth-order valence-corrected chi connectivity index (χ4v) is 0.164. The predicted molar refractivity (Wildman–Crippen MR) is 27.6 cm³/mol. The molecule has 0 bridgehead atoms. The molecule has 3 nitrogen and oxygen atoms in total. The van der Waals surface area contributed by atoms with Crippen LogP contribution < -0.4 is 0 Å². The lowest BCUT2D eigenvalue weighted by molar-refractivity contribution is -0.230. The molecule has 0 saturated heterocycles. The lowest BCUT2D eigenvalue weighted by Gasteiger charge is -1.82. The maximum absolute atomic E-state index is 9.70. The number of rotatable bonds is 1. The molecule has 0 aliphatic carbocycles. The van der Waals surface area contributed by atoms with E-state index in [-0.39, 0.29) is 4.43 Å². The Morgan fingerprint density at radius 3 is 2.50 bits per heavy atom. The summed E-state index contributed by atoms with van der Waals surface area (Å²) in [6.07, 6.45) is 0. The molecule has 36 valence electrons. The van der Waals surface area contributed by atoms with Crippen LogP contribution in [0.4, 0.5) is 0 Å². The third-order valence-electron chi connectivity index (χ3n) is 0.211. The molecule has 0 rings (SSSR count). The van der Waals surface area contributed by atoms with Crippen LogP contribution in [0.3, 0.4) is 0 Å². The Hall–Kier alpha value is 0.160. The zero-order chi connectivity index (χ0) is 4.99. The van der Waals surface area contributed by atoms with Gasteiger partial charge >= 0.3 is 5.97 Å². The Balaban J connectivity index is 2.99. The summed E-state index contributed by atoms with van der Waals surface area (Å²) in [7, 11) is 0. The second kappa shape index (κ2) is 3.35. The summed E-state index contributed by atoms with van der Waals surface area (Å²) < 4.78 is 0.189. The molecule has 1 N–H and O–H groups in total. The van der Waals surface area contributed by atoms with Gasteiger partial charge in [0.1, 0.15) is 4.43 Å². The highest BCUT2D eigenvalue weighted by Gasteiger charge is 1.92. The normalized spacial score (nSPS) is 7.67. The van der Waals surface area contributed by atoms with Crippen LogP contribution in [-0.2, 0) is 9.68 Å². The molecule has 0 aromatic heterocycles. The number of carbonyl (C=O) groups is 1. The number of hydrogen-bond donors (Lipinski definition) is 1. The molecule has 0 spiro atoms.